The van der Waals surface area contributed by atoms with Crippen molar-refractivity contribution in [3.8, 4) is 17.0 Å². The Bertz CT molecular complexity index is 730. The number of aromatic nitrogens is 1. The van der Waals surface area contributed by atoms with Crippen LogP contribution in [0.4, 0.5) is 5.13 Å². The highest BCUT2D eigenvalue weighted by Gasteiger charge is 2.17. The van der Waals surface area contributed by atoms with Crippen molar-refractivity contribution in [2.24, 2.45) is 0 Å². The zero-order valence-electron chi connectivity index (χ0n) is 11.8. The second-order valence-electron chi connectivity index (χ2n) is 4.39. The van der Waals surface area contributed by atoms with Crippen LogP contribution in [0.3, 0.4) is 0 Å². The van der Waals surface area contributed by atoms with Gasteiger partial charge in [0.1, 0.15) is 5.75 Å². The molecule has 2 N–H and O–H groups in total. The number of methoxy groups -OCH3 is 1. The van der Waals surface area contributed by atoms with Crippen LogP contribution in [0, 0.1) is 0 Å². The van der Waals surface area contributed by atoms with Crippen LogP contribution in [0.25, 0.3) is 11.3 Å². The third-order valence-electron chi connectivity index (χ3n) is 2.72. The fourth-order valence-electron chi connectivity index (χ4n) is 1.85. The number of benzene rings is 1. The Balaban J connectivity index is 2.47. The Hall–Kier alpha value is -2.12. The number of hydrogen-bond donors (Lipinski definition) is 2. The van der Waals surface area contributed by atoms with E-state index in [1.54, 1.807) is 18.2 Å². The number of aliphatic carboxylic acids is 1. The van der Waals surface area contributed by atoms with Gasteiger partial charge in [0.15, 0.2) is 5.13 Å². The topological polar surface area (TPSA) is 88.5 Å². The number of carbonyl (C=O) groups is 2. The second kappa shape index (κ2) is 6.76. The maximum atomic E-state index is 11.1. The number of carboxylic acid groups (broad SMARTS) is 1. The highest BCUT2D eigenvalue weighted by atomic mass is 35.5. The second-order valence-corrected chi connectivity index (χ2v) is 5.88. The van der Waals surface area contributed by atoms with Gasteiger partial charge in [0.2, 0.25) is 5.91 Å². The summed E-state index contributed by atoms with van der Waals surface area (Å²) in [6.45, 7) is 1.36. The third-order valence-corrected chi connectivity index (χ3v) is 3.98. The van der Waals surface area contributed by atoms with Gasteiger partial charge in [0.25, 0.3) is 0 Å². The zero-order valence-corrected chi connectivity index (χ0v) is 13.4. The first-order valence-corrected chi connectivity index (χ1v) is 7.43. The maximum Gasteiger partial charge on any atom is 0.308 e. The molecule has 0 radical (unpaired) electrons. The van der Waals surface area contributed by atoms with Crippen molar-refractivity contribution in [1.29, 1.82) is 0 Å². The minimum Gasteiger partial charge on any atom is -0.495 e. The maximum absolute atomic E-state index is 11.1. The number of hydrogen-bond acceptors (Lipinski definition) is 5. The van der Waals surface area contributed by atoms with Crippen LogP contribution in [0.15, 0.2) is 18.2 Å². The molecule has 116 valence electrons. The Kier molecular flexibility index (Phi) is 4.99. The van der Waals surface area contributed by atoms with Gasteiger partial charge in [-0.1, -0.05) is 11.6 Å². The fraction of sp³-hybridized carbons (Fsp3) is 0.214. The van der Waals surface area contributed by atoms with Crippen molar-refractivity contribution in [3.63, 3.8) is 0 Å². The molecule has 22 heavy (non-hydrogen) atoms. The Morgan fingerprint density at radius 3 is 2.73 bits per heavy atom. The van der Waals surface area contributed by atoms with Crippen molar-refractivity contribution in [1.82, 2.24) is 4.98 Å². The monoisotopic (exact) mass is 340 g/mol. The number of anilines is 1. The molecule has 0 atom stereocenters. The standard InChI is InChI=1S/C14H13ClN2O4S/c1-7(18)16-14-17-13(11(22-14)6-12(19)20)8-3-4-10(21-2)9(15)5-8/h3-5H,6H2,1-2H3,(H,19,20)(H,16,17,18). The first-order valence-electron chi connectivity index (χ1n) is 6.23. The van der Waals surface area contributed by atoms with Crippen molar-refractivity contribution >= 4 is 39.9 Å². The van der Waals surface area contributed by atoms with E-state index in [2.05, 4.69) is 10.3 Å². The third kappa shape index (κ3) is 3.75. The van der Waals surface area contributed by atoms with E-state index < -0.39 is 5.97 Å². The number of ether oxygens (including phenoxy) is 1. The fourth-order valence-corrected chi connectivity index (χ4v) is 3.13. The van der Waals surface area contributed by atoms with Gasteiger partial charge in [0, 0.05) is 17.4 Å². The quantitative estimate of drug-likeness (QED) is 0.873. The highest BCUT2D eigenvalue weighted by molar-refractivity contribution is 7.16. The van der Waals surface area contributed by atoms with E-state index in [4.69, 9.17) is 21.4 Å². The number of nitrogens with zero attached hydrogens (tertiary/aromatic N) is 1. The van der Waals surface area contributed by atoms with E-state index in [1.807, 2.05) is 0 Å². The number of amides is 1. The molecular weight excluding hydrogens is 328 g/mol. The summed E-state index contributed by atoms with van der Waals surface area (Å²) in [6.07, 6.45) is -0.184. The molecular formula is C14H13ClN2O4S. The van der Waals surface area contributed by atoms with Gasteiger partial charge < -0.3 is 15.2 Å². The molecule has 0 bridgehead atoms. The van der Waals surface area contributed by atoms with Crippen molar-refractivity contribution in [3.05, 3.63) is 28.1 Å². The average Bonchev–Trinajstić information content (AvgIpc) is 2.79. The van der Waals surface area contributed by atoms with E-state index in [0.29, 0.717) is 32.0 Å². The van der Waals surface area contributed by atoms with Gasteiger partial charge in [0.05, 0.1) is 24.2 Å². The van der Waals surface area contributed by atoms with Gasteiger partial charge in [-0.05, 0) is 18.2 Å². The number of nitrogens with one attached hydrogen (secondary N) is 1. The lowest BCUT2D eigenvalue weighted by molar-refractivity contribution is -0.136. The largest absolute Gasteiger partial charge is 0.495 e. The van der Waals surface area contributed by atoms with Crippen LogP contribution in [0.2, 0.25) is 5.02 Å². The summed E-state index contributed by atoms with van der Waals surface area (Å²) in [5.41, 5.74) is 1.15. The smallest absolute Gasteiger partial charge is 0.308 e. The predicted octanol–water partition coefficient (Wildman–Crippen LogP) is 3.06. The summed E-state index contributed by atoms with van der Waals surface area (Å²) >= 11 is 7.22. The molecule has 0 aliphatic heterocycles. The van der Waals surface area contributed by atoms with Crippen molar-refractivity contribution < 1.29 is 19.4 Å². The minimum absolute atomic E-state index is 0.184. The molecule has 1 aromatic heterocycles. The van der Waals surface area contributed by atoms with Crippen molar-refractivity contribution in [2.75, 3.05) is 12.4 Å². The SMILES string of the molecule is COc1ccc(-c2nc(NC(C)=O)sc2CC(=O)O)cc1Cl. The molecule has 0 aliphatic rings. The van der Waals surface area contributed by atoms with Crippen LogP contribution in [0.5, 0.6) is 5.75 Å². The van der Waals surface area contributed by atoms with Crippen LogP contribution in [-0.4, -0.2) is 29.1 Å². The average molecular weight is 341 g/mol. The lowest BCUT2D eigenvalue weighted by Crippen LogP contribution is -2.04. The van der Waals surface area contributed by atoms with Crippen molar-refractivity contribution in [2.45, 2.75) is 13.3 Å². The summed E-state index contributed by atoms with van der Waals surface area (Å²) in [5.74, 6) is -0.726. The van der Waals surface area contributed by atoms with Gasteiger partial charge in [-0.3, -0.25) is 9.59 Å². The van der Waals surface area contributed by atoms with Crippen LogP contribution >= 0.6 is 22.9 Å². The summed E-state index contributed by atoms with van der Waals surface area (Å²) in [4.78, 5) is 27.0. The summed E-state index contributed by atoms with van der Waals surface area (Å²) in [7, 11) is 1.51. The van der Waals surface area contributed by atoms with Crippen LogP contribution < -0.4 is 10.1 Å². The predicted molar refractivity (Wildman–Crippen MR) is 84.8 cm³/mol. The van der Waals surface area contributed by atoms with Crippen LogP contribution in [0.1, 0.15) is 11.8 Å². The summed E-state index contributed by atoms with van der Waals surface area (Å²) in [6, 6.07) is 5.07. The molecule has 0 aliphatic carbocycles. The zero-order chi connectivity index (χ0) is 16.3. The van der Waals surface area contributed by atoms with E-state index in [0.717, 1.165) is 11.3 Å². The molecule has 1 aromatic carbocycles. The van der Waals surface area contributed by atoms with Gasteiger partial charge in [-0.15, -0.1) is 11.3 Å². The number of carboxylic acids is 1. The van der Waals surface area contributed by atoms with Crippen LogP contribution in [-0.2, 0) is 16.0 Å². The first-order chi connectivity index (χ1) is 10.4. The molecule has 0 saturated heterocycles. The Labute approximate surface area is 135 Å². The molecule has 0 saturated carbocycles. The molecule has 1 heterocycles. The van der Waals surface area contributed by atoms with E-state index >= 15 is 0 Å². The minimum atomic E-state index is -0.973. The molecule has 0 fully saturated rings. The lowest BCUT2D eigenvalue weighted by Gasteiger charge is -2.05. The summed E-state index contributed by atoms with van der Waals surface area (Å²) < 4.78 is 5.09. The lowest BCUT2D eigenvalue weighted by atomic mass is 10.1. The van der Waals surface area contributed by atoms with E-state index in [-0.39, 0.29) is 12.3 Å². The molecule has 1 amide bonds. The number of carbonyl (C=O) groups excluding carboxylic acids is 1. The Morgan fingerprint density at radius 1 is 1.45 bits per heavy atom. The van der Waals surface area contributed by atoms with Gasteiger partial charge in [-0.2, -0.15) is 0 Å². The molecule has 2 rings (SSSR count). The number of halogens is 1. The highest BCUT2D eigenvalue weighted by Crippen LogP contribution is 2.35. The Morgan fingerprint density at radius 2 is 2.18 bits per heavy atom. The normalized spacial score (nSPS) is 10.3. The number of thiazole rings is 1. The molecule has 0 spiro atoms. The van der Waals surface area contributed by atoms with Gasteiger partial charge >= 0.3 is 5.97 Å². The summed E-state index contributed by atoms with van der Waals surface area (Å²) in [5, 5.41) is 12.3. The molecule has 6 nitrogen and oxygen atoms in total. The van der Waals surface area contributed by atoms with E-state index in [1.165, 1.54) is 14.0 Å². The molecule has 2 aromatic rings. The first kappa shape index (κ1) is 16.3. The number of rotatable bonds is 5. The molecule has 8 heteroatoms. The van der Waals surface area contributed by atoms with E-state index in [9.17, 15) is 9.59 Å². The molecule has 0 unspecified atom stereocenters. The van der Waals surface area contributed by atoms with Gasteiger partial charge in [-0.25, -0.2) is 4.98 Å².